The summed E-state index contributed by atoms with van der Waals surface area (Å²) >= 11 is 1.22. The van der Waals surface area contributed by atoms with Crippen LogP contribution in [-0.2, 0) is 11.3 Å². The molecule has 1 amide bonds. The van der Waals surface area contributed by atoms with Gasteiger partial charge in [0.25, 0.3) is 0 Å². The Kier molecular flexibility index (Phi) is 6.02. The summed E-state index contributed by atoms with van der Waals surface area (Å²) in [7, 11) is 1.57. The number of aryl methyl sites for hydroxylation is 1. The third kappa shape index (κ3) is 4.62. The fourth-order valence-electron chi connectivity index (χ4n) is 2.42. The van der Waals surface area contributed by atoms with Gasteiger partial charge in [-0.1, -0.05) is 36.0 Å². The monoisotopic (exact) mass is 387 g/mol. The van der Waals surface area contributed by atoms with Crippen molar-refractivity contribution in [3.05, 3.63) is 59.4 Å². The lowest BCUT2D eigenvalue weighted by Crippen LogP contribution is -2.24. The number of benzene rings is 2. The summed E-state index contributed by atoms with van der Waals surface area (Å²) in [5.41, 5.74) is 2.08. The van der Waals surface area contributed by atoms with Crippen LogP contribution in [0.15, 0.2) is 47.6 Å². The van der Waals surface area contributed by atoms with E-state index in [4.69, 9.17) is 4.74 Å². The van der Waals surface area contributed by atoms with Gasteiger partial charge < -0.3 is 10.1 Å². The van der Waals surface area contributed by atoms with Crippen LogP contribution in [0.1, 0.15) is 11.1 Å². The molecule has 1 N–H and O–H groups in total. The first-order valence-electron chi connectivity index (χ1n) is 8.15. The SMILES string of the molecule is COc1ccccc1-n1nnnc1SCC(=O)NCc1ccc(F)c(C)c1. The molecule has 3 rings (SSSR count). The Morgan fingerprint density at radius 1 is 1.30 bits per heavy atom. The summed E-state index contributed by atoms with van der Waals surface area (Å²) in [4.78, 5) is 12.1. The van der Waals surface area contributed by atoms with Crippen molar-refractivity contribution in [1.29, 1.82) is 0 Å². The third-order valence-corrected chi connectivity index (χ3v) is 4.72. The van der Waals surface area contributed by atoms with Crippen LogP contribution in [0.3, 0.4) is 0 Å². The van der Waals surface area contributed by atoms with Crippen LogP contribution in [0.4, 0.5) is 4.39 Å². The highest BCUT2D eigenvalue weighted by Crippen LogP contribution is 2.25. The van der Waals surface area contributed by atoms with E-state index in [1.807, 2.05) is 24.3 Å². The van der Waals surface area contributed by atoms with Gasteiger partial charge in [0.05, 0.1) is 12.9 Å². The molecule has 0 radical (unpaired) electrons. The third-order valence-electron chi connectivity index (χ3n) is 3.80. The molecule has 0 saturated carbocycles. The molecule has 0 fully saturated rings. The molecule has 1 aromatic heterocycles. The van der Waals surface area contributed by atoms with Gasteiger partial charge in [0, 0.05) is 6.54 Å². The van der Waals surface area contributed by atoms with Crippen molar-refractivity contribution in [2.45, 2.75) is 18.6 Å². The summed E-state index contributed by atoms with van der Waals surface area (Å²) in [6.45, 7) is 2.02. The number of aromatic nitrogens is 4. The van der Waals surface area contributed by atoms with Gasteiger partial charge in [0.2, 0.25) is 11.1 Å². The molecule has 1 heterocycles. The minimum atomic E-state index is -0.260. The Labute approximate surface area is 159 Å². The summed E-state index contributed by atoms with van der Waals surface area (Å²) in [6.07, 6.45) is 0. The Morgan fingerprint density at radius 2 is 2.11 bits per heavy atom. The molecule has 27 heavy (non-hydrogen) atoms. The number of hydrogen-bond donors (Lipinski definition) is 1. The van der Waals surface area contributed by atoms with E-state index in [2.05, 4.69) is 20.8 Å². The molecule has 140 valence electrons. The van der Waals surface area contributed by atoms with E-state index < -0.39 is 0 Å². The second kappa shape index (κ2) is 8.63. The number of carbonyl (C=O) groups is 1. The van der Waals surface area contributed by atoms with Gasteiger partial charge in [-0.25, -0.2) is 4.39 Å². The average Bonchev–Trinajstić information content (AvgIpc) is 3.15. The number of rotatable bonds is 7. The minimum Gasteiger partial charge on any atom is -0.494 e. The van der Waals surface area contributed by atoms with Crippen LogP contribution in [0.5, 0.6) is 5.75 Å². The smallest absolute Gasteiger partial charge is 0.230 e. The molecular weight excluding hydrogens is 369 g/mol. The molecular formula is C18H18FN5O2S. The predicted octanol–water partition coefficient (Wildman–Crippen LogP) is 2.53. The van der Waals surface area contributed by atoms with Crippen LogP contribution >= 0.6 is 11.8 Å². The fourth-order valence-corrected chi connectivity index (χ4v) is 3.14. The van der Waals surface area contributed by atoms with Gasteiger partial charge in [-0.2, -0.15) is 4.68 Å². The van der Waals surface area contributed by atoms with Gasteiger partial charge in [0.1, 0.15) is 17.3 Å². The second-order valence-electron chi connectivity index (χ2n) is 5.69. The summed E-state index contributed by atoms with van der Waals surface area (Å²) < 4.78 is 20.1. The number of amides is 1. The first-order valence-corrected chi connectivity index (χ1v) is 9.13. The lowest BCUT2D eigenvalue weighted by molar-refractivity contribution is -0.118. The molecule has 0 aliphatic rings. The van der Waals surface area contributed by atoms with Crippen LogP contribution in [-0.4, -0.2) is 39.0 Å². The molecule has 2 aromatic carbocycles. The predicted molar refractivity (Wildman–Crippen MR) is 99.4 cm³/mol. The van der Waals surface area contributed by atoms with E-state index in [1.54, 1.807) is 26.2 Å². The maximum Gasteiger partial charge on any atom is 0.230 e. The summed E-state index contributed by atoms with van der Waals surface area (Å²) in [5, 5.41) is 14.9. The first kappa shape index (κ1) is 18.8. The van der Waals surface area contributed by atoms with Crippen molar-refractivity contribution in [2.75, 3.05) is 12.9 Å². The van der Waals surface area contributed by atoms with Crippen molar-refractivity contribution >= 4 is 17.7 Å². The number of methoxy groups -OCH3 is 1. The summed E-state index contributed by atoms with van der Waals surface area (Å²) in [5.74, 6) is 0.346. The molecule has 0 saturated heterocycles. The largest absolute Gasteiger partial charge is 0.494 e. The number of hydrogen-bond acceptors (Lipinski definition) is 6. The normalized spacial score (nSPS) is 10.6. The van der Waals surface area contributed by atoms with Gasteiger partial charge >= 0.3 is 0 Å². The standard InChI is InChI=1S/C18H18FN5O2S/c1-12-9-13(7-8-14(12)19)10-20-17(25)11-27-18-21-22-23-24(18)15-5-3-4-6-16(15)26-2/h3-9H,10-11H2,1-2H3,(H,20,25). The number of carbonyl (C=O) groups excluding carboxylic acids is 1. The van der Waals surface area contributed by atoms with E-state index in [0.29, 0.717) is 28.7 Å². The maximum atomic E-state index is 13.3. The molecule has 0 spiro atoms. The van der Waals surface area contributed by atoms with Crippen molar-refractivity contribution < 1.29 is 13.9 Å². The van der Waals surface area contributed by atoms with Crippen LogP contribution < -0.4 is 10.1 Å². The minimum absolute atomic E-state index is 0.149. The Morgan fingerprint density at radius 3 is 2.89 bits per heavy atom. The first-order chi connectivity index (χ1) is 13.1. The van der Waals surface area contributed by atoms with E-state index in [1.165, 1.54) is 22.5 Å². The molecule has 0 aliphatic heterocycles. The second-order valence-corrected chi connectivity index (χ2v) is 6.64. The number of ether oxygens (including phenoxy) is 1. The summed E-state index contributed by atoms with van der Waals surface area (Å²) in [6, 6.07) is 12.1. The topological polar surface area (TPSA) is 81.9 Å². The number of para-hydroxylation sites is 2. The molecule has 9 heteroatoms. The van der Waals surface area contributed by atoms with Crippen molar-refractivity contribution in [1.82, 2.24) is 25.5 Å². The number of tetrazole rings is 1. The number of thioether (sulfide) groups is 1. The molecule has 7 nitrogen and oxygen atoms in total. The number of nitrogens with zero attached hydrogens (tertiary/aromatic N) is 4. The lowest BCUT2D eigenvalue weighted by atomic mass is 10.1. The van der Waals surface area contributed by atoms with Crippen LogP contribution in [0.2, 0.25) is 0 Å². The molecule has 3 aromatic rings. The molecule has 0 atom stereocenters. The zero-order valence-electron chi connectivity index (χ0n) is 14.8. The van der Waals surface area contributed by atoms with Gasteiger partial charge in [0.15, 0.2) is 0 Å². The molecule has 0 unspecified atom stereocenters. The highest BCUT2D eigenvalue weighted by molar-refractivity contribution is 7.99. The Bertz CT molecular complexity index is 947. The highest BCUT2D eigenvalue weighted by Gasteiger charge is 2.14. The van der Waals surface area contributed by atoms with Crippen molar-refractivity contribution in [2.24, 2.45) is 0 Å². The molecule has 0 bridgehead atoms. The van der Waals surface area contributed by atoms with Crippen molar-refractivity contribution in [3.8, 4) is 11.4 Å². The zero-order valence-corrected chi connectivity index (χ0v) is 15.7. The van der Waals surface area contributed by atoms with Crippen LogP contribution in [0, 0.1) is 12.7 Å². The Hall–Kier alpha value is -2.94. The van der Waals surface area contributed by atoms with E-state index in [9.17, 15) is 9.18 Å². The van der Waals surface area contributed by atoms with Gasteiger partial charge in [-0.15, -0.1) is 5.10 Å². The number of nitrogens with one attached hydrogen (secondary N) is 1. The number of halogens is 1. The van der Waals surface area contributed by atoms with Crippen molar-refractivity contribution in [3.63, 3.8) is 0 Å². The average molecular weight is 387 g/mol. The molecule has 0 aliphatic carbocycles. The quantitative estimate of drug-likeness (QED) is 0.628. The maximum absolute atomic E-state index is 13.3. The highest BCUT2D eigenvalue weighted by atomic mass is 32.2. The van der Waals surface area contributed by atoms with Gasteiger partial charge in [-0.3, -0.25) is 4.79 Å². The van der Waals surface area contributed by atoms with E-state index in [-0.39, 0.29) is 17.5 Å². The zero-order chi connectivity index (χ0) is 19.2. The van der Waals surface area contributed by atoms with Crippen LogP contribution in [0.25, 0.3) is 5.69 Å². The van der Waals surface area contributed by atoms with E-state index in [0.717, 1.165) is 5.56 Å². The Balaban J connectivity index is 1.60. The fraction of sp³-hybridized carbons (Fsp3) is 0.222. The van der Waals surface area contributed by atoms with E-state index >= 15 is 0 Å². The van der Waals surface area contributed by atoms with Gasteiger partial charge in [-0.05, 0) is 46.7 Å². The lowest BCUT2D eigenvalue weighted by Gasteiger charge is -2.09.